The number of rotatable bonds is 8. The molecule has 0 rings (SSSR count). The van der Waals surface area contributed by atoms with Crippen molar-refractivity contribution in [1.82, 2.24) is 0 Å². The first-order chi connectivity index (χ1) is 6.22. The first kappa shape index (κ1) is 12.7. The lowest BCUT2D eigenvalue weighted by Crippen LogP contribution is -2.26. The van der Waals surface area contributed by atoms with E-state index in [0.29, 0.717) is 12.0 Å². The summed E-state index contributed by atoms with van der Waals surface area (Å²) in [5.74, 6) is 0.464. The molecule has 0 unspecified atom stereocenters. The van der Waals surface area contributed by atoms with Crippen LogP contribution in [0.1, 0.15) is 52.4 Å². The Bertz CT molecular complexity index is 120. The van der Waals surface area contributed by atoms with Gasteiger partial charge in [-0.2, -0.15) is 0 Å². The molecule has 0 amide bonds. The van der Waals surface area contributed by atoms with Crippen LogP contribution < -0.4 is 5.73 Å². The second kappa shape index (κ2) is 8.31. The maximum Gasteiger partial charge on any atom is 0.00991 e. The normalized spacial score (nSPS) is 15.3. The van der Waals surface area contributed by atoms with Gasteiger partial charge in [0, 0.05) is 6.04 Å². The highest BCUT2D eigenvalue weighted by atomic mass is 14.6. The van der Waals surface area contributed by atoms with Gasteiger partial charge in [-0.15, -0.1) is 6.58 Å². The van der Waals surface area contributed by atoms with Gasteiger partial charge in [0.2, 0.25) is 0 Å². The summed E-state index contributed by atoms with van der Waals surface area (Å²) in [6.45, 7) is 8.14. The topological polar surface area (TPSA) is 26.0 Å². The van der Waals surface area contributed by atoms with Gasteiger partial charge in [-0.05, 0) is 12.3 Å². The highest BCUT2D eigenvalue weighted by Crippen LogP contribution is 2.11. The van der Waals surface area contributed by atoms with Crippen LogP contribution >= 0.6 is 0 Å². The molecular formula is C12H25N. The van der Waals surface area contributed by atoms with Crippen LogP contribution in [0.2, 0.25) is 0 Å². The minimum absolute atomic E-state index is 0.319. The van der Waals surface area contributed by atoms with Crippen molar-refractivity contribution in [1.29, 1.82) is 0 Å². The first-order valence-corrected chi connectivity index (χ1v) is 5.60. The molecule has 2 N–H and O–H groups in total. The van der Waals surface area contributed by atoms with E-state index in [1.807, 2.05) is 6.08 Å². The fraction of sp³-hybridized carbons (Fsp3) is 0.833. The molecule has 0 fully saturated rings. The number of unbranched alkanes of at least 4 members (excludes halogenated alkanes) is 4. The van der Waals surface area contributed by atoms with Crippen molar-refractivity contribution in [2.24, 2.45) is 11.7 Å². The molecule has 1 heteroatoms. The van der Waals surface area contributed by atoms with E-state index in [4.69, 9.17) is 5.73 Å². The SMILES string of the molecule is C=C[C@@H](C)[C@H](N)CCCCCCC. The van der Waals surface area contributed by atoms with Gasteiger partial charge >= 0.3 is 0 Å². The molecule has 0 aromatic rings. The molecule has 1 nitrogen and oxygen atoms in total. The summed E-state index contributed by atoms with van der Waals surface area (Å²) in [5, 5.41) is 0. The Balaban J connectivity index is 3.26. The van der Waals surface area contributed by atoms with Crippen LogP contribution in [0, 0.1) is 5.92 Å². The molecule has 0 aromatic carbocycles. The third kappa shape index (κ3) is 6.83. The van der Waals surface area contributed by atoms with Crippen molar-refractivity contribution in [3.63, 3.8) is 0 Å². The van der Waals surface area contributed by atoms with Crippen molar-refractivity contribution in [2.45, 2.75) is 58.4 Å². The van der Waals surface area contributed by atoms with Gasteiger partial charge in [0.25, 0.3) is 0 Å². The Morgan fingerprint density at radius 1 is 1.23 bits per heavy atom. The zero-order valence-electron chi connectivity index (χ0n) is 9.26. The molecule has 0 saturated heterocycles. The largest absolute Gasteiger partial charge is 0.327 e. The molecule has 0 bridgehead atoms. The molecular weight excluding hydrogens is 158 g/mol. The summed E-state index contributed by atoms with van der Waals surface area (Å²) in [4.78, 5) is 0. The van der Waals surface area contributed by atoms with Gasteiger partial charge in [-0.25, -0.2) is 0 Å². The number of hydrogen-bond donors (Lipinski definition) is 1. The second-order valence-electron chi connectivity index (χ2n) is 3.96. The molecule has 2 atom stereocenters. The summed E-state index contributed by atoms with van der Waals surface area (Å²) in [6.07, 6.45) is 9.77. The van der Waals surface area contributed by atoms with Gasteiger partial charge in [0.15, 0.2) is 0 Å². The van der Waals surface area contributed by atoms with Crippen LogP contribution in [0.5, 0.6) is 0 Å². The maximum atomic E-state index is 5.97. The van der Waals surface area contributed by atoms with Crippen molar-refractivity contribution >= 4 is 0 Å². The monoisotopic (exact) mass is 183 g/mol. The Hall–Kier alpha value is -0.300. The summed E-state index contributed by atoms with van der Waals surface area (Å²) in [5.41, 5.74) is 5.97. The standard InChI is InChI=1S/C12H25N/c1-4-6-7-8-9-10-12(13)11(3)5-2/h5,11-12H,2,4,6-10,13H2,1,3H3/t11-,12-/m1/s1. The minimum Gasteiger partial charge on any atom is -0.327 e. The average molecular weight is 183 g/mol. The Kier molecular flexibility index (Phi) is 8.11. The third-order valence-corrected chi connectivity index (χ3v) is 2.69. The second-order valence-corrected chi connectivity index (χ2v) is 3.96. The molecule has 0 aliphatic carbocycles. The van der Waals surface area contributed by atoms with Crippen LogP contribution in [-0.2, 0) is 0 Å². The van der Waals surface area contributed by atoms with Gasteiger partial charge < -0.3 is 5.73 Å². The first-order valence-electron chi connectivity index (χ1n) is 5.60. The molecule has 78 valence electrons. The van der Waals surface area contributed by atoms with Crippen LogP contribution in [-0.4, -0.2) is 6.04 Å². The van der Waals surface area contributed by atoms with Gasteiger partial charge in [-0.3, -0.25) is 0 Å². The van der Waals surface area contributed by atoms with Crippen LogP contribution in [0.25, 0.3) is 0 Å². The van der Waals surface area contributed by atoms with E-state index in [9.17, 15) is 0 Å². The predicted molar refractivity (Wildman–Crippen MR) is 60.7 cm³/mol. The lowest BCUT2D eigenvalue weighted by molar-refractivity contribution is 0.471. The van der Waals surface area contributed by atoms with E-state index in [2.05, 4.69) is 20.4 Å². The lowest BCUT2D eigenvalue weighted by Gasteiger charge is -2.15. The van der Waals surface area contributed by atoms with Crippen molar-refractivity contribution in [2.75, 3.05) is 0 Å². The van der Waals surface area contributed by atoms with Gasteiger partial charge in [0.1, 0.15) is 0 Å². The van der Waals surface area contributed by atoms with E-state index in [-0.39, 0.29) is 0 Å². The summed E-state index contributed by atoms with van der Waals surface area (Å²) in [6, 6.07) is 0.319. The van der Waals surface area contributed by atoms with E-state index < -0.39 is 0 Å². The summed E-state index contributed by atoms with van der Waals surface area (Å²) >= 11 is 0. The summed E-state index contributed by atoms with van der Waals surface area (Å²) in [7, 11) is 0. The molecule has 0 aliphatic rings. The van der Waals surface area contributed by atoms with Crippen molar-refractivity contribution in [3.8, 4) is 0 Å². The Morgan fingerprint density at radius 2 is 1.85 bits per heavy atom. The highest BCUT2D eigenvalue weighted by molar-refractivity contribution is 4.83. The minimum atomic E-state index is 0.319. The molecule has 0 aliphatic heterocycles. The van der Waals surface area contributed by atoms with E-state index in [1.165, 1.54) is 32.1 Å². The number of hydrogen-bond acceptors (Lipinski definition) is 1. The van der Waals surface area contributed by atoms with Crippen LogP contribution in [0.3, 0.4) is 0 Å². The van der Waals surface area contributed by atoms with E-state index in [1.54, 1.807) is 0 Å². The molecule has 0 spiro atoms. The molecule has 0 radical (unpaired) electrons. The highest BCUT2D eigenvalue weighted by Gasteiger charge is 2.07. The smallest absolute Gasteiger partial charge is 0.00991 e. The van der Waals surface area contributed by atoms with Gasteiger partial charge in [0.05, 0.1) is 0 Å². The molecule has 0 saturated carbocycles. The fourth-order valence-electron chi connectivity index (χ4n) is 1.42. The average Bonchev–Trinajstić information content (AvgIpc) is 2.16. The van der Waals surface area contributed by atoms with Crippen LogP contribution in [0.15, 0.2) is 12.7 Å². The summed E-state index contributed by atoms with van der Waals surface area (Å²) < 4.78 is 0. The fourth-order valence-corrected chi connectivity index (χ4v) is 1.42. The Labute approximate surface area is 83.4 Å². The lowest BCUT2D eigenvalue weighted by atomic mass is 9.97. The van der Waals surface area contributed by atoms with Crippen LogP contribution in [0.4, 0.5) is 0 Å². The predicted octanol–water partition coefficient (Wildman–Crippen LogP) is 3.50. The molecule has 0 aromatic heterocycles. The quantitative estimate of drug-likeness (QED) is 0.452. The number of nitrogens with two attached hydrogens (primary N) is 1. The van der Waals surface area contributed by atoms with E-state index in [0.717, 1.165) is 6.42 Å². The van der Waals surface area contributed by atoms with Crippen molar-refractivity contribution < 1.29 is 0 Å². The van der Waals surface area contributed by atoms with Gasteiger partial charge in [-0.1, -0.05) is 52.0 Å². The molecule has 0 heterocycles. The maximum absolute atomic E-state index is 5.97. The van der Waals surface area contributed by atoms with E-state index >= 15 is 0 Å². The third-order valence-electron chi connectivity index (χ3n) is 2.69. The molecule has 13 heavy (non-hydrogen) atoms. The van der Waals surface area contributed by atoms with Crippen molar-refractivity contribution in [3.05, 3.63) is 12.7 Å². The Morgan fingerprint density at radius 3 is 2.38 bits per heavy atom. The zero-order chi connectivity index (χ0) is 10.1. The zero-order valence-corrected chi connectivity index (χ0v) is 9.26.